The van der Waals surface area contributed by atoms with Crippen LogP contribution in [-0.4, -0.2) is 10.1 Å². The van der Waals surface area contributed by atoms with Crippen molar-refractivity contribution in [2.75, 3.05) is 0 Å². The van der Waals surface area contributed by atoms with E-state index in [1.165, 1.54) is 0 Å². The lowest BCUT2D eigenvalue weighted by Crippen LogP contribution is -2.26. The Hall–Kier alpha value is -2.23. The van der Waals surface area contributed by atoms with Crippen molar-refractivity contribution in [3.8, 4) is 0 Å². The van der Waals surface area contributed by atoms with Gasteiger partial charge in [0.2, 0.25) is 0 Å². The SMILES string of the molecule is OC1(c2cccnc2)c2cccc3ccc4cc(Br)cc1c4c23. The minimum Gasteiger partial charge on any atom is -0.376 e. The van der Waals surface area contributed by atoms with Crippen LogP contribution in [0.5, 0.6) is 0 Å². The minimum absolute atomic E-state index is 0.795. The number of hydrogen-bond donors (Lipinski definition) is 1. The molecule has 0 amide bonds. The zero-order valence-corrected chi connectivity index (χ0v) is 13.7. The molecule has 1 heterocycles. The van der Waals surface area contributed by atoms with Crippen LogP contribution in [0.2, 0.25) is 0 Å². The van der Waals surface area contributed by atoms with Gasteiger partial charge in [0.15, 0.2) is 0 Å². The van der Waals surface area contributed by atoms with E-state index in [2.05, 4.69) is 45.2 Å². The maximum atomic E-state index is 11.8. The lowest BCUT2D eigenvalue weighted by molar-refractivity contribution is 0.131. The molecule has 3 heteroatoms. The van der Waals surface area contributed by atoms with E-state index in [0.29, 0.717) is 0 Å². The summed E-state index contributed by atoms with van der Waals surface area (Å²) >= 11 is 3.59. The van der Waals surface area contributed by atoms with Crippen molar-refractivity contribution in [3.05, 3.63) is 88.2 Å². The standard InChI is InChI=1S/C20H12BrNO/c21-15-9-13-7-6-12-3-1-5-16-18(12)19(13)17(10-15)20(16,23)14-4-2-8-22-11-14/h1-11,23H. The largest absolute Gasteiger partial charge is 0.376 e. The molecular formula is C20H12BrNO. The summed E-state index contributed by atoms with van der Waals surface area (Å²) < 4.78 is 0.967. The van der Waals surface area contributed by atoms with E-state index in [4.69, 9.17) is 0 Å². The second-order valence-corrected chi connectivity index (χ2v) is 6.89. The van der Waals surface area contributed by atoms with Gasteiger partial charge >= 0.3 is 0 Å². The highest BCUT2D eigenvalue weighted by atomic mass is 79.9. The van der Waals surface area contributed by atoms with Crippen molar-refractivity contribution >= 4 is 37.5 Å². The van der Waals surface area contributed by atoms with E-state index in [0.717, 1.165) is 42.7 Å². The molecule has 0 bridgehead atoms. The van der Waals surface area contributed by atoms with Crippen molar-refractivity contribution < 1.29 is 5.11 Å². The molecule has 0 saturated heterocycles. The quantitative estimate of drug-likeness (QED) is 0.496. The molecule has 1 atom stereocenters. The molecule has 1 N–H and O–H groups in total. The van der Waals surface area contributed by atoms with Crippen LogP contribution < -0.4 is 0 Å². The fourth-order valence-corrected chi connectivity index (χ4v) is 4.30. The van der Waals surface area contributed by atoms with Gasteiger partial charge in [-0.3, -0.25) is 4.98 Å². The molecule has 4 aromatic rings. The third-order valence-corrected chi connectivity index (χ3v) is 5.24. The summed E-state index contributed by atoms with van der Waals surface area (Å²) in [6.07, 6.45) is 3.48. The van der Waals surface area contributed by atoms with Crippen LogP contribution >= 0.6 is 15.9 Å². The van der Waals surface area contributed by atoms with Crippen LogP contribution in [0.15, 0.2) is 71.5 Å². The second-order valence-electron chi connectivity index (χ2n) is 5.97. The zero-order chi connectivity index (χ0) is 15.6. The first-order valence-electron chi connectivity index (χ1n) is 7.48. The van der Waals surface area contributed by atoms with Crippen molar-refractivity contribution in [2.24, 2.45) is 0 Å². The van der Waals surface area contributed by atoms with Gasteiger partial charge in [-0.1, -0.05) is 52.3 Å². The first-order valence-corrected chi connectivity index (χ1v) is 8.28. The Balaban J connectivity index is 2.04. The minimum atomic E-state index is -1.17. The maximum Gasteiger partial charge on any atom is 0.143 e. The number of aromatic nitrogens is 1. The smallest absolute Gasteiger partial charge is 0.143 e. The van der Waals surface area contributed by atoms with E-state index in [-0.39, 0.29) is 0 Å². The Kier molecular flexibility index (Phi) is 2.53. The lowest BCUT2D eigenvalue weighted by Gasteiger charge is -2.26. The zero-order valence-electron chi connectivity index (χ0n) is 12.1. The van der Waals surface area contributed by atoms with E-state index in [1.807, 2.05) is 30.3 Å². The van der Waals surface area contributed by atoms with Crippen molar-refractivity contribution in [3.63, 3.8) is 0 Å². The summed E-state index contributed by atoms with van der Waals surface area (Å²) in [5.41, 5.74) is 1.48. The Morgan fingerprint density at radius 3 is 2.52 bits per heavy atom. The van der Waals surface area contributed by atoms with Gasteiger partial charge in [0.1, 0.15) is 5.60 Å². The Morgan fingerprint density at radius 1 is 0.870 bits per heavy atom. The first-order chi connectivity index (χ1) is 11.2. The van der Waals surface area contributed by atoms with Crippen molar-refractivity contribution in [2.45, 2.75) is 5.60 Å². The van der Waals surface area contributed by atoms with Crippen LogP contribution in [0.3, 0.4) is 0 Å². The summed E-state index contributed by atoms with van der Waals surface area (Å²) in [5.74, 6) is 0. The molecule has 2 nitrogen and oxygen atoms in total. The van der Waals surface area contributed by atoms with Crippen molar-refractivity contribution in [1.29, 1.82) is 0 Å². The summed E-state index contributed by atoms with van der Waals surface area (Å²) in [6.45, 7) is 0. The molecule has 1 aromatic heterocycles. The first kappa shape index (κ1) is 13.2. The van der Waals surface area contributed by atoms with Crippen LogP contribution in [0.25, 0.3) is 21.5 Å². The predicted molar refractivity (Wildman–Crippen MR) is 95.5 cm³/mol. The van der Waals surface area contributed by atoms with Gasteiger partial charge in [-0.15, -0.1) is 0 Å². The number of hydrogen-bond acceptors (Lipinski definition) is 2. The fraction of sp³-hybridized carbons (Fsp3) is 0.0500. The molecule has 1 aliphatic rings. The summed E-state index contributed by atoms with van der Waals surface area (Å²) in [7, 11) is 0. The molecule has 1 unspecified atom stereocenters. The normalized spacial score (nSPS) is 19.0. The van der Waals surface area contributed by atoms with E-state index >= 15 is 0 Å². The van der Waals surface area contributed by atoms with Gasteiger partial charge in [-0.2, -0.15) is 0 Å². The van der Waals surface area contributed by atoms with Gasteiger partial charge in [0.25, 0.3) is 0 Å². The number of pyridine rings is 1. The van der Waals surface area contributed by atoms with Gasteiger partial charge < -0.3 is 5.11 Å². The monoisotopic (exact) mass is 361 g/mol. The molecule has 3 aromatic carbocycles. The van der Waals surface area contributed by atoms with Crippen LogP contribution in [0.1, 0.15) is 16.7 Å². The van der Waals surface area contributed by atoms with Gasteiger partial charge in [0.05, 0.1) is 0 Å². The lowest BCUT2D eigenvalue weighted by atomic mass is 9.84. The van der Waals surface area contributed by atoms with Gasteiger partial charge in [-0.05, 0) is 39.7 Å². The summed E-state index contributed by atoms with van der Waals surface area (Å²) in [6, 6.07) is 18.3. The number of rotatable bonds is 1. The fourth-order valence-electron chi connectivity index (χ4n) is 3.83. The van der Waals surface area contributed by atoms with Crippen LogP contribution in [-0.2, 0) is 5.60 Å². The average molecular weight is 362 g/mol. The molecular weight excluding hydrogens is 350 g/mol. The van der Waals surface area contributed by atoms with E-state index < -0.39 is 5.60 Å². The van der Waals surface area contributed by atoms with Crippen LogP contribution in [0.4, 0.5) is 0 Å². The van der Waals surface area contributed by atoms with Gasteiger partial charge in [0, 0.05) is 33.6 Å². The highest BCUT2D eigenvalue weighted by molar-refractivity contribution is 9.10. The molecule has 0 aliphatic heterocycles. The van der Waals surface area contributed by atoms with E-state index in [1.54, 1.807) is 12.4 Å². The predicted octanol–water partition coefficient (Wildman–Crippen LogP) is 4.75. The molecule has 0 spiro atoms. The highest BCUT2D eigenvalue weighted by Gasteiger charge is 2.42. The Labute approximate surface area is 141 Å². The third kappa shape index (κ3) is 1.58. The molecule has 0 saturated carbocycles. The average Bonchev–Trinajstić information content (AvgIpc) is 2.85. The van der Waals surface area contributed by atoms with E-state index in [9.17, 15) is 5.11 Å². The number of nitrogens with zero attached hydrogens (tertiary/aromatic N) is 1. The number of aliphatic hydroxyl groups is 1. The molecule has 0 fully saturated rings. The third-order valence-electron chi connectivity index (χ3n) is 4.78. The van der Waals surface area contributed by atoms with Crippen LogP contribution in [0, 0.1) is 0 Å². The Morgan fingerprint density at radius 2 is 1.70 bits per heavy atom. The molecule has 23 heavy (non-hydrogen) atoms. The highest BCUT2D eigenvalue weighted by Crippen LogP contribution is 2.51. The summed E-state index contributed by atoms with van der Waals surface area (Å²) in [4.78, 5) is 4.22. The van der Waals surface area contributed by atoms with Crippen molar-refractivity contribution in [1.82, 2.24) is 4.98 Å². The van der Waals surface area contributed by atoms with Gasteiger partial charge in [-0.25, -0.2) is 0 Å². The molecule has 5 rings (SSSR count). The Bertz CT molecular complexity index is 1090. The topological polar surface area (TPSA) is 33.1 Å². The molecule has 1 aliphatic carbocycles. The number of benzene rings is 3. The molecule has 0 radical (unpaired) electrons. The second kappa shape index (κ2) is 4.40. The maximum absolute atomic E-state index is 11.8. The summed E-state index contributed by atoms with van der Waals surface area (Å²) in [5, 5.41) is 16.3. The molecule has 110 valence electrons. The number of halogens is 1.